The predicted molar refractivity (Wildman–Crippen MR) is 76.6 cm³/mol. The maximum Gasteiger partial charge on any atom is 0.417 e. The van der Waals surface area contributed by atoms with Crippen molar-refractivity contribution in [2.75, 3.05) is 6.61 Å². The van der Waals surface area contributed by atoms with Crippen LogP contribution in [0, 0.1) is 0 Å². The van der Waals surface area contributed by atoms with Gasteiger partial charge in [0, 0.05) is 6.42 Å². The number of amides is 2. The molecule has 2 amide bonds. The maximum absolute atomic E-state index is 12.1. The molecule has 21 heavy (non-hydrogen) atoms. The summed E-state index contributed by atoms with van der Waals surface area (Å²) < 4.78 is 10.4. The van der Waals surface area contributed by atoms with Crippen molar-refractivity contribution >= 4 is 18.0 Å². The van der Waals surface area contributed by atoms with E-state index in [-0.39, 0.29) is 12.3 Å². The van der Waals surface area contributed by atoms with Gasteiger partial charge in [0.15, 0.2) is 0 Å². The largest absolute Gasteiger partial charge is 0.464 e. The molecule has 0 bridgehead atoms. The molecule has 120 valence electrons. The van der Waals surface area contributed by atoms with Gasteiger partial charge in [-0.3, -0.25) is 4.79 Å². The minimum Gasteiger partial charge on any atom is -0.464 e. The van der Waals surface area contributed by atoms with Crippen LogP contribution in [0.15, 0.2) is 0 Å². The number of esters is 1. The Hall–Kier alpha value is -1.59. The Labute approximate surface area is 125 Å². The second kappa shape index (κ2) is 7.43. The van der Waals surface area contributed by atoms with Crippen LogP contribution in [0.4, 0.5) is 4.79 Å². The summed E-state index contributed by atoms with van der Waals surface area (Å²) in [5.74, 6) is -0.907. The number of carbonyl (C=O) groups excluding carboxylic acids is 3. The molecule has 1 rings (SSSR count). The molecule has 0 N–H and O–H groups in total. The van der Waals surface area contributed by atoms with Crippen LogP contribution < -0.4 is 0 Å². The lowest BCUT2D eigenvalue weighted by Crippen LogP contribution is -2.53. The van der Waals surface area contributed by atoms with Crippen LogP contribution in [0.5, 0.6) is 0 Å². The summed E-state index contributed by atoms with van der Waals surface area (Å²) in [5.41, 5.74) is -0.717. The Morgan fingerprint density at radius 3 is 2.57 bits per heavy atom. The highest BCUT2D eigenvalue weighted by Crippen LogP contribution is 2.22. The van der Waals surface area contributed by atoms with Crippen molar-refractivity contribution in [2.24, 2.45) is 0 Å². The van der Waals surface area contributed by atoms with Gasteiger partial charge in [-0.15, -0.1) is 0 Å². The quantitative estimate of drug-likeness (QED) is 0.589. The van der Waals surface area contributed by atoms with Gasteiger partial charge in [-0.2, -0.15) is 0 Å². The van der Waals surface area contributed by atoms with Gasteiger partial charge in [-0.05, 0) is 40.0 Å². The Morgan fingerprint density at radius 2 is 2.00 bits per heavy atom. The maximum atomic E-state index is 12.1. The summed E-state index contributed by atoms with van der Waals surface area (Å²) in [6.45, 7) is 7.45. The van der Waals surface area contributed by atoms with E-state index >= 15 is 0 Å². The number of rotatable bonds is 4. The van der Waals surface area contributed by atoms with E-state index in [1.54, 1.807) is 20.8 Å². The molecule has 1 aliphatic rings. The molecule has 0 aromatic carbocycles. The summed E-state index contributed by atoms with van der Waals surface area (Å²) in [7, 11) is 0. The number of likely N-dealkylation sites (tertiary alicyclic amines) is 1. The van der Waals surface area contributed by atoms with Crippen LogP contribution in [0.25, 0.3) is 0 Å². The van der Waals surface area contributed by atoms with Crippen molar-refractivity contribution in [3.05, 3.63) is 0 Å². The van der Waals surface area contributed by atoms with E-state index in [0.29, 0.717) is 19.4 Å². The van der Waals surface area contributed by atoms with E-state index in [1.807, 2.05) is 6.92 Å². The fourth-order valence-electron chi connectivity index (χ4n) is 2.05. The molecular formula is C15H25NO5. The molecule has 1 atom stereocenters. The molecule has 0 saturated carbocycles. The first-order valence-electron chi connectivity index (χ1n) is 7.48. The van der Waals surface area contributed by atoms with Crippen molar-refractivity contribution in [3.8, 4) is 0 Å². The Bertz CT molecular complexity index is 399. The molecule has 1 saturated heterocycles. The van der Waals surface area contributed by atoms with Gasteiger partial charge >= 0.3 is 12.1 Å². The third-order valence-electron chi connectivity index (χ3n) is 3.05. The molecule has 0 radical (unpaired) electrons. The normalized spacial score (nSPS) is 19.3. The molecule has 6 nitrogen and oxygen atoms in total. The average molecular weight is 299 g/mol. The van der Waals surface area contributed by atoms with Gasteiger partial charge in [0.25, 0.3) is 0 Å². The molecule has 6 heteroatoms. The third kappa shape index (κ3) is 5.36. The van der Waals surface area contributed by atoms with Crippen molar-refractivity contribution in [1.82, 2.24) is 4.90 Å². The van der Waals surface area contributed by atoms with Crippen molar-refractivity contribution in [1.29, 1.82) is 0 Å². The second-order valence-electron chi connectivity index (χ2n) is 6.17. The van der Waals surface area contributed by atoms with Gasteiger partial charge in [-0.1, -0.05) is 13.3 Å². The van der Waals surface area contributed by atoms with E-state index in [4.69, 9.17) is 9.47 Å². The van der Waals surface area contributed by atoms with Crippen LogP contribution in [0.3, 0.4) is 0 Å². The smallest absolute Gasteiger partial charge is 0.417 e. The van der Waals surface area contributed by atoms with Crippen LogP contribution in [0.1, 0.15) is 59.8 Å². The number of unbranched alkanes of at least 4 members (excludes halogenated alkanes) is 1. The fourth-order valence-corrected chi connectivity index (χ4v) is 2.05. The Balaban J connectivity index is 2.76. The number of piperidine rings is 1. The Kier molecular flexibility index (Phi) is 6.18. The number of nitrogens with zero attached hydrogens (tertiary/aromatic N) is 1. The van der Waals surface area contributed by atoms with Crippen LogP contribution in [-0.2, 0) is 19.1 Å². The first-order chi connectivity index (χ1) is 9.76. The van der Waals surface area contributed by atoms with E-state index in [0.717, 1.165) is 17.7 Å². The van der Waals surface area contributed by atoms with E-state index in [2.05, 4.69) is 0 Å². The number of hydrogen-bond acceptors (Lipinski definition) is 5. The molecule has 1 aliphatic heterocycles. The molecule has 0 unspecified atom stereocenters. The SMILES string of the molecule is CCCCOC(=O)[C@@H]1CCCC(=O)N1C(=O)OC(C)(C)C. The topological polar surface area (TPSA) is 72.9 Å². The van der Waals surface area contributed by atoms with Gasteiger partial charge < -0.3 is 9.47 Å². The highest BCUT2D eigenvalue weighted by atomic mass is 16.6. The molecule has 1 heterocycles. The first-order valence-corrected chi connectivity index (χ1v) is 7.48. The molecule has 0 spiro atoms. The zero-order chi connectivity index (χ0) is 16.0. The molecule has 0 aromatic rings. The number of hydrogen-bond donors (Lipinski definition) is 0. The fraction of sp³-hybridized carbons (Fsp3) is 0.800. The summed E-state index contributed by atoms with van der Waals surface area (Å²) in [6.07, 6.45) is 2.15. The lowest BCUT2D eigenvalue weighted by Gasteiger charge is -2.33. The highest BCUT2D eigenvalue weighted by Gasteiger charge is 2.40. The zero-order valence-electron chi connectivity index (χ0n) is 13.3. The summed E-state index contributed by atoms with van der Waals surface area (Å²) in [5, 5.41) is 0. The van der Waals surface area contributed by atoms with Gasteiger partial charge in [0.2, 0.25) is 5.91 Å². The molecular weight excluding hydrogens is 274 g/mol. The van der Waals surface area contributed by atoms with Crippen molar-refractivity contribution in [3.63, 3.8) is 0 Å². The average Bonchev–Trinajstić information content (AvgIpc) is 2.36. The van der Waals surface area contributed by atoms with Crippen molar-refractivity contribution < 1.29 is 23.9 Å². The third-order valence-corrected chi connectivity index (χ3v) is 3.05. The Morgan fingerprint density at radius 1 is 1.33 bits per heavy atom. The molecule has 1 fully saturated rings. The number of carbonyl (C=O) groups is 3. The van der Waals surface area contributed by atoms with Crippen molar-refractivity contribution in [2.45, 2.75) is 71.4 Å². The van der Waals surface area contributed by atoms with E-state index in [9.17, 15) is 14.4 Å². The van der Waals surface area contributed by atoms with Crippen LogP contribution in [0.2, 0.25) is 0 Å². The number of ether oxygens (including phenoxy) is 2. The van der Waals surface area contributed by atoms with Gasteiger partial charge in [0.05, 0.1) is 6.61 Å². The lowest BCUT2D eigenvalue weighted by molar-refractivity contribution is -0.157. The standard InChI is InChI=1S/C15H25NO5/c1-5-6-10-20-13(18)11-8-7-9-12(17)16(11)14(19)21-15(2,3)4/h11H,5-10H2,1-4H3/t11-/m0/s1. The second-order valence-corrected chi connectivity index (χ2v) is 6.17. The predicted octanol–water partition coefficient (Wildman–Crippen LogP) is 2.65. The van der Waals surface area contributed by atoms with E-state index < -0.39 is 23.7 Å². The molecule has 0 aromatic heterocycles. The van der Waals surface area contributed by atoms with Gasteiger partial charge in [0.1, 0.15) is 11.6 Å². The zero-order valence-corrected chi connectivity index (χ0v) is 13.3. The number of imide groups is 1. The van der Waals surface area contributed by atoms with Gasteiger partial charge in [-0.25, -0.2) is 14.5 Å². The summed E-state index contributed by atoms with van der Waals surface area (Å²) >= 11 is 0. The van der Waals surface area contributed by atoms with E-state index in [1.165, 1.54) is 0 Å². The summed E-state index contributed by atoms with van der Waals surface area (Å²) in [4.78, 5) is 37.1. The first kappa shape index (κ1) is 17.5. The van der Waals surface area contributed by atoms with Crippen LogP contribution >= 0.6 is 0 Å². The molecule has 0 aliphatic carbocycles. The lowest BCUT2D eigenvalue weighted by atomic mass is 10.0. The summed E-state index contributed by atoms with van der Waals surface area (Å²) in [6, 6.07) is -0.863. The monoisotopic (exact) mass is 299 g/mol. The van der Waals surface area contributed by atoms with Crippen LogP contribution in [-0.4, -0.2) is 41.1 Å². The highest BCUT2D eigenvalue weighted by molar-refractivity contribution is 5.97. The minimum atomic E-state index is -0.863. The minimum absolute atomic E-state index is 0.248.